The first-order valence-corrected chi connectivity index (χ1v) is 20.0. The summed E-state index contributed by atoms with van der Waals surface area (Å²) in [6.45, 7) is 0. The van der Waals surface area contributed by atoms with Crippen molar-refractivity contribution in [1.82, 2.24) is 15.0 Å². The van der Waals surface area contributed by atoms with Gasteiger partial charge in [0.2, 0.25) is 11.8 Å². The van der Waals surface area contributed by atoms with Crippen LogP contribution in [0.25, 0.3) is 98.2 Å². The van der Waals surface area contributed by atoms with Gasteiger partial charge < -0.3 is 13.7 Å². The lowest BCUT2D eigenvalue weighted by atomic mass is 10.00. The molecule has 0 saturated carbocycles. The van der Waals surface area contributed by atoms with Crippen molar-refractivity contribution in [2.75, 3.05) is 4.90 Å². The molecule has 6 nitrogen and oxygen atoms in total. The van der Waals surface area contributed by atoms with E-state index in [9.17, 15) is 0 Å². The standard InChI is InChI=1S/C51H30N4O2S/c1-2-8-42-37(7-1)30-48-49(52-42)41-26-20-36(29-47(41)58-48)33-13-14-35-28-40(25-19-34(35)27-33)55(38-21-15-31(16-22-38)50-53-43-9-3-5-11-45(43)56-50)39-23-17-32(18-24-39)51-54-44-10-4-6-12-46(44)57-51/h1-30H. The number of oxazole rings is 2. The van der Waals surface area contributed by atoms with Gasteiger partial charge in [0, 0.05) is 43.7 Å². The summed E-state index contributed by atoms with van der Waals surface area (Å²) in [5.41, 5.74) is 12.6. The molecule has 0 atom stereocenters. The second kappa shape index (κ2) is 13.0. The second-order valence-corrected chi connectivity index (χ2v) is 15.6. The van der Waals surface area contributed by atoms with Crippen molar-refractivity contribution < 1.29 is 8.83 Å². The van der Waals surface area contributed by atoms with Crippen LogP contribution in [0.15, 0.2) is 191 Å². The van der Waals surface area contributed by atoms with Crippen LogP contribution in [0.4, 0.5) is 17.1 Å². The topological polar surface area (TPSA) is 68.2 Å². The Kier molecular flexibility index (Phi) is 7.30. The summed E-state index contributed by atoms with van der Waals surface area (Å²) in [6.07, 6.45) is 0. The van der Waals surface area contributed by atoms with Crippen molar-refractivity contribution in [2.45, 2.75) is 0 Å². The first kappa shape index (κ1) is 32.6. The number of aromatic nitrogens is 3. The van der Waals surface area contributed by atoms with Gasteiger partial charge in [0.25, 0.3) is 0 Å². The Hall–Kier alpha value is -7.61. The van der Waals surface area contributed by atoms with Crippen LogP contribution in [0.3, 0.4) is 0 Å². The Bertz CT molecular complexity index is 3350. The highest BCUT2D eigenvalue weighted by Gasteiger charge is 2.17. The molecule has 0 spiro atoms. The van der Waals surface area contributed by atoms with E-state index < -0.39 is 0 Å². The number of hydrogen-bond donors (Lipinski definition) is 0. The van der Waals surface area contributed by atoms with Crippen LogP contribution < -0.4 is 4.90 Å². The lowest BCUT2D eigenvalue weighted by Gasteiger charge is -2.26. The third-order valence-electron chi connectivity index (χ3n) is 10.9. The normalized spacial score (nSPS) is 11.8. The molecule has 0 N–H and O–H groups in total. The van der Waals surface area contributed by atoms with E-state index in [0.717, 1.165) is 66.8 Å². The summed E-state index contributed by atoms with van der Waals surface area (Å²) < 4.78 is 14.6. The molecule has 272 valence electrons. The van der Waals surface area contributed by atoms with Crippen molar-refractivity contribution in [2.24, 2.45) is 0 Å². The SMILES string of the molecule is c1ccc2nc3c(cc2c1)sc1cc(-c2ccc4cc(N(c5ccc(-c6nc7ccccc7o6)cc5)c5ccc(-c6nc7ccccc7o6)cc5)ccc4c2)ccc13. The monoisotopic (exact) mass is 762 g/mol. The zero-order valence-corrected chi connectivity index (χ0v) is 31.7. The molecule has 12 rings (SSSR count). The lowest BCUT2D eigenvalue weighted by Crippen LogP contribution is -2.09. The van der Waals surface area contributed by atoms with Gasteiger partial charge in [-0.15, -0.1) is 11.3 Å². The first-order valence-electron chi connectivity index (χ1n) is 19.2. The summed E-state index contributed by atoms with van der Waals surface area (Å²) in [5.74, 6) is 1.19. The van der Waals surface area contributed by atoms with Crippen LogP contribution >= 0.6 is 11.3 Å². The van der Waals surface area contributed by atoms with Gasteiger partial charge in [-0.05, 0) is 131 Å². The Morgan fingerprint density at radius 3 is 1.59 bits per heavy atom. The van der Waals surface area contributed by atoms with E-state index in [1.165, 1.54) is 36.7 Å². The largest absolute Gasteiger partial charge is 0.436 e. The lowest BCUT2D eigenvalue weighted by molar-refractivity contribution is 0.619. The maximum Gasteiger partial charge on any atom is 0.227 e. The Morgan fingerprint density at radius 1 is 0.379 bits per heavy atom. The predicted molar refractivity (Wildman–Crippen MR) is 238 cm³/mol. The molecule has 0 fully saturated rings. The zero-order valence-electron chi connectivity index (χ0n) is 30.8. The van der Waals surface area contributed by atoms with E-state index in [-0.39, 0.29) is 0 Å². The fraction of sp³-hybridized carbons (Fsp3) is 0. The van der Waals surface area contributed by atoms with Crippen LogP contribution in [0, 0.1) is 0 Å². The molecule has 0 bridgehead atoms. The molecule has 12 aromatic rings. The van der Waals surface area contributed by atoms with Crippen LogP contribution in [-0.2, 0) is 0 Å². The number of benzene rings is 8. The molecular weight excluding hydrogens is 733 g/mol. The van der Waals surface area contributed by atoms with Gasteiger partial charge >= 0.3 is 0 Å². The molecular formula is C51H30N4O2S. The maximum atomic E-state index is 6.10. The van der Waals surface area contributed by atoms with Gasteiger partial charge in [-0.1, -0.05) is 72.8 Å². The van der Waals surface area contributed by atoms with Crippen LogP contribution in [0.2, 0.25) is 0 Å². The average molecular weight is 763 g/mol. The molecule has 4 heterocycles. The number of pyridine rings is 1. The summed E-state index contributed by atoms with van der Waals surface area (Å²) >= 11 is 1.81. The van der Waals surface area contributed by atoms with E-state index >= 15 is 0 Å². The molecule has 0 aliphatic heterocycles. The predicted octanol–water partition coefficient (Wildman–Crippen LogP) is 14.5. The highest BCUT2D eigenvalue weighted by Crippen LogP contribution is 2.41. The molecule has 0 aliphatic rings. The first-order chi connectivity index (χ1) is 28.7. The summed E-state index contributed by atoms with van der Waals surface area (Å²) in [5, 5.41) is 4.69. The molecule has 0 aliphatic carbocycles. The highest BCUT2D eigenvalue weighted by molar-refractivity contribution is 7.25. The highest BCUT2D eigenvalue weighted by atomic mass is 32.1. The smallest absolute Gasteiger partial charge is 0.227 e. The molecule has 58 heavy (non-hydrogen) atoms. The molecule has 4 aromatic heterocycles. The number of nitrogens with zero attached hydrogens (tertiary/aromatic N) is 4. The number of anilines is 3. The summed E-state index contributed by atoms with van der Waals surface area (Å²) in [4.78, 5) is 16.7. The van der Waals surface area contributed by atoms with E-state index in [4.69, 9.17) is 23.8 Å². The number of fused-ring (bicyclic) bond motifs is 7. The van der Waals surface area contributed by atoms with E-state index in [1.54, 1.807) is 11.3 Å². The second-order valence-electron chi connectivity index (χ2n) is 14.5. The number of hydrogen-bond acceptors (Lipinski definition) is 7. The molecule has 0 unspecified atom stereocenters. The summed E-state index contributed by atoms with van der Waals surface area (Å²) in [6, 6.07) is 63.2. The van der Waals surface area contributed by atoms with Crippen molar-refractivity contribution in [3.63, 3.8) is 0 Å². The third kappa shape index (κ3) is 5.51. The summed E-state index contributed by atoms with van der Waals surface area (Å²) in [7, 11) is 0. The van der Waals surface area contributed by atoms with Crippen molar-refractivity contribution in [3.05, 3.63) is 182 Å². The minimum Gasteiger partial charge on any atom is -0.436 e. The van der Waals surface area contributed by atoms with Crippen LogP contribution in [-0.4, -0.2) is 15.0 Å². The fourth-order valence-corrected chi connectivity index (χ4v) is 9.10. The zero-order chi connectivity index (χ0) is 38.2. The van der Waals surface area contributed by atoms with Gasteiger partial charge in [-0.2, -0.15) is 0 Å². The van der Waals surface area contributed by atoms with Gasteiger partial charge in [-0.3, -0.25) is 0 Å². The van der Waals surface area contributed by atoms with Crippen LogP contribution in [0.5, 0.6) is 0 Å². The van der Waals surface area contributed by atoms with Gasteiger partial charge in [0.15, 0.2) is 11.2 Å². The molecule has 0 saturated heterocycles. The van der Waals surface area contributed by atoms with Crippen molar-refractivity contribution >= 4 is 92.6 Å². The number of rotatable bonds is 6. The average Bonchev–Trinajstić information content (AvgIpc) is 4.01. The minimum absolute atomic E-state index is 0.597. The van der Waals surface area contributed by atoms with Crippen LogP contribution in [0.1, 0.15) is 0 Å². The quantitative estimate of drug-likeness (QED) is 0.168. The maximum absolute atomic E-state index is 6.10. The van der Waals surface area contributed by atoms with E-state index in [1.807, 2.05) is 54.6 Å². The Labute approximate surface area is 335 Å². The Balaban J connectivity index is 0.913. The molecule has 8 aromatic carbocycles. The third-order valence-corrected chi connectivity index (χ3v) is 12.0. The Morgan fingerprint density at radius 2 is 0.914 bits per heavy atom. The minimum atomic E-state index is 0.597. The van der Waals surface area contributed by atoms with E-state index in [2.05, 4.69) is 132 Å². The molecule has 0 radical (unpaired) electrons. The van der Waals surface area contributed by atoms with Crippen molar-refractivity contribution in [1.29, 1.82) is 0 Å². The molecule has 7 heteroatoms. The number of para-hydroxylation sites is 5. The van der Waals surface area contributed by atoms with Gasteiger partial charge in [0.1, 0.15) is 11.0 Å². The van der Waals surface area contributed by atoms with E-state index in [0.29, 0.717) is 11.8 Å². The van der Waals surface area contributed by atoms with Gasteiger partial charge in [-0.25, -0.2) is 15.0 Å². The van der Waals surface area contributed by atoms with Gasteiger partial charge in [0.05, 0.1) is 15.7 Å². The van der Waals surface area contributed by atoms with Crippen molar-refractivity contribution in [3.8, 4) is 34.0 Å². The molecule has 0 amide bonds. The fourth-order valence-electron chi connectivity index (χ4n) is 7.96. The number of thiophene rings is 1.